The van der Waals surface area contributed by atoms with Crippen LogP contribution in [0, 0.1) is 5.92 Å². The summed E-state index contributed by atoms with van der Waals surface area (Å²) in [7, 11) is 1.55. The van der Waals surface area contributed by atoms with Gasteiger partial charge in [0, 0.05) is 39.2 Å². The number of carbonyl (C=O) groups is 1. The molecule has 0 N–H and O–H groups in total. The maximum absolute atomic E-state index is 11.9. The lowest BCUT2D eigenvalue weighted by Gasteiger charge is -2.29. The molecule has 0 bridgehead atoms. The number of rotatable bonds is 6. The lowest BCUT2D eigenvalue weighted by molar-refractivity contribution is -0.136. The zero-order chi connectivity index (χ0) is 14.7. The molecule has 114 valence electrons. The SMILES string of the molecule is COCC(=O)N1CCc2c(COCC3CC3)cncc2C1. The largest absolute Gasteiger partial charge is 0.376 e. The first-order valence-corrected chi connectivity index (χ1v) is 7.57. The molecular weight excluding hydrogens is 268 g/mol. The average molecular weight is 290 g/mol. The maximum Gasteiger partial charge on any atom is 0.248 e. The topological polar surface area (TPSA) is 51.7 Å². The average Bonchev–Trinajstić information content (AvgIpc) is 3.31. The summed E-state index contributed by atoms with van der Waals surface area (Å²) in [5, 5.41) is 0. The normalized spacial score (nSPS) is 17.7. The van der Waals surface area contributed by atoms with Crippen LogP contribution in [-0.4, -0.2) is 42.7 Å². The number of fused-ring (bicyclic) bond motifs is 1. The van der Waals surface area contributed by atoms with Crippen molar-refractivity contribution in [2.75, 3.05) is 26.9 Å². The molecule has 1 aliphatic carbocycles. The quantitative estimate of drug-likeness (QED) is 0.797. The van der Waals surface area contributed by atoms with E-state index in [1.807, 2.05) is 17.3 Å². The van der Waals surface area contributed by atoms with Crippen molar-refractivity contribution in [3.05, 3.63) is 29.1 Å². The first kappa shape index (κ1) is 14.5. The first-order chi connectivity index (χ1) is 10.3. The molecule has 5 nitrogen and oxygen atoms in total. The molecule has 1 amide bonds. The van der Waals surface area contributed by atoms with Gasteiger partial charge in [0.15, 0.2) is 0 Å². The van der Waals surface area contributed by atoms with Crippen LogP contribution in [0.5, 0.6) is 0 Å². The van der Waals surface area contributed by atoms with Crippen LogP contribution < -0.4 is 0 Å². The Hall–Kier alpha value is -1.46. The van der Waals surface area contributed by atoms with E-state index in [1.54, 1.807) is 7.11 Å². The predicted molar refractivity (Wildman–Crippen MR) is 77.6 cm³/mol. The summed E-state index contributed by atoms with van der Waals surface area (Å²) in [6.07, 6.45) is 7.25. The molecule has 3 rings (SSSR count). The van der Waals surface area contributed by atoms with E-state index in [4.69, 9.17) is 9.47 Å². The van der Waals surface area contributed by atoms with E-state index in [0.29, 0.717) is 13.2 Å². The zero-order valence-corrected chi connectivity index (χ0v) is 12.5. The highest BCUT2D eigenvalue weighted by Gasteiger charge is 2.24. The summed E-state index contributed by atoms with van der Waals surface area (Å²) in [6, 6.07) is 0. The van der Waals surface area contributed by atoms with E-state index in [1.165, 1.54) is 24.0 Å². The van der Waals surface area contributed by atoms with Crippen LogP contribution in [0.25, 0.3) is 0 Å². The summed E-state index contributed by atoms with van der Waals surface area (Å²) in [4.78, 5) is 18.0. The number of hydrogen-bond acceptors (Lipinski definition) is 4. The monoisotopic (exact) mass is 290 g/mol. The summed E-state index contributed by atoms with van der Waals surface area (Å²) in [5.41, 5.74) is 3.62. The van der Waals surface area contributed by atoms with Gasteiger partial charge in [0.2, 0.25) is 5.91 Å². The second-order valence-corrected chi connectivity index (χ2v) is 5.89. The van der Waals surface area contributed by atoms with Gasteiger partial charge in [-0.1, -0.05) is 0 Å². The Labute approximate surface area is 125 Å². The molecule has 5 heteroatoms. The molecule has 1 aromatic heterocycles. The maximum atomic E-state index is 11.9. The van der Waals surface area contributed by atoms with E-state index in [9.17, 15) is 4.79 Å². The lowest BCUT2D eigenvalue weighted by Crippen LogP contribution is -2.38. The molecule has 21 heavy (non-hydrogen) atoms. The fourth-order valence-corrected chi connectivity index (χ4v) is 2.74. The Morgan fingerprint density at radius 3 is 3.05 bits per heavy atom. The van der Waals surface area contributed by atoms with Crippen molar-refractivity contribution in [1.29, 1.82) is 0 Å². The third kappa shape index (κ3) is 3.60. The smallest absolute Gasteiger partial charge is 0.248 e. The Kier molecular flexibility index (Phi) is 4.51. The van der Waals surface area contributed by atoms with Gasteiger partial charge < -0.3 is 14.4 Å². The molecule has 1 fully saturated rings. The fourth-order valence-electron chi connectivity index (χ4n) is 2.74. The third-order valence-corrected chi connectivity index (χ3v) is 4.16. The van der Waals surface area contributed by atoms with Gasteiger partial charge in [-0.25, -0.2) is 0 Å². The van der Waals surface area contributed by atoms with Crippen LogP contribution in [0.2, 0.25) is 0 Å². The molecule has 2 heterocycles. The molecule has 0 spiro atoms. The van der Waals surface area contributed by atoms with Gasteiger partial charge in [-0.15, -0.1) is 0 Å². The first-order valence-electron chi connectivity index (χ1n) is 7.57. The Morgan fingerprint density at radius 1 is 1.43 bits per heavy atom. The number of aromatic nitrogens is 1. The van der Waals surface area contributed by atoms with Crippen molar-refractivity contribution < 1.29 is 14.3 Å². The second kappa shape index (κ2) is 6.54. The van der Waals surface area contributed by atoms with Gasteiger partial charge in [0.05, 0.1) is 6.61 Å². The molecule has 0 aromatic carbocycles. The van der Waals surface area contributed by atoms with Crippen LogP contribution >= 0.6 is 0 Å². The van der Waals surface area contributed by atoms with Crippen molar-refractivity contribution in [2.24, 2.45) is 5.92 Å². The number of methoxy groups -OCH3 is 1. The molecule has 0 radical (unpaired) electrons. The van der Waals surface area contributed by atoms with Crippen molar-refractivity contribution >= 4 is 5.91 Å². The van der Waals surface area contributed by atoms with Crippen molar-refractivity contribution in [3.8, 4) is 0 Å². The minimum absolute atomic E-state index is 0.0403. The van der Waals surface area contributed by atoms with Crippen molar-refractivity contribution in [1.82, 2.24) is 9.88 Å². The summed E-state index contributed by atoms with van der Waals surface area (Å²) < 4.78 is 10.7. The molecule has 1 saturated carbocycles. The zero-order valence-electron chi connectivity index (χ0n) is 12.5. The van der Waals surface area contributed by atoms with Crippen LogP contribution in [-0.2, 0) is 33.8 Å². The van der Waals surface area contributed by atoms with Gasteiger partial charge in [-0.2, -0.15) is 0 Å². The van der Waals surface area contributed by atoms with Gasteiger partial charge in [0.1, 0.15) is 6.61 Å². The number of nitrogens with zero attached hydrogens (tertiary/aromatic N) is 2. The Bertz CT molecular complexity index is 514. The Balaban J connectivity index is 1.64. The molecule has 2 aliphatic rings. The summed E-state index contributed by atoms with van der Waals surface area (Å²) in [5.74, 6) is 0.818. The van der Waals surface area contributed by atoms with Gasteiger partial charge in [-0.05, 0) is 41.9 Å². The standard InChI is InChI=1S/C16H22N2O3/c1-20-11-16(19)18-5-4-15-13(8-18)6-17-7-14(15)10-21-9-12-2-3-12/h6-7,12H,2-5,8-11H2,1H3. The molecule has 1 aliphatic heterocycles. The fraction of sp³-hybridized carbons (Fsp3) is 0.625. The third-order valence-electron chi connectivity index (χ3n) is 4.16. The molecule has 0 unspecified atom stereocenters. The highest BCUT2D eigenvalue weighted by Crippen LogP contribution is 2.29. The number of ether oxygens (including phenoxy) is 2. The van der Waals surface area contributed by atoms with Crippen LogP contribution in [0.3, 0.4) is 0 Å². The Morgan fingerprint density at radius 2 is 2.29 bits per heavy atom. The van der Waals surface area contributed by atoms with E-state index >= 15 is 0 Å². The van der Waals surface area contributed by atoms with E-state index in [2.05, 4.69) is 4.98 Å². The van der Waals surface area contributed by atoms with Crippen LogP contribution in [0.4, 0.5) is 0 Å². The number of hydrogen-bond donors (Lipinski definition) is 0. The highest BCUT2D eigenvalue weighted by molar-refractivity contribution is 5.77. The molecule has 0 atom stereocenters. The number of carbonyl (C=O) groups excluding carboxylic acids is 1. The minimum Gasteiger partial charge on any atom is -0.376 e. The minimum atomic E-state index is 0.0403. The molecule has 0 saturated heterocycles. The number of pyridine rings is 1. The van der Waals surface area contributed by atoms with Crippen LogP contribution in [0.1, 0.15) is 29.5 Å². The van der Waals surface area contributed by atoms with Gasteiger partial charge >= 0.3 is 0 Å². The van der Waals surface area contributed by atoms with Crippen LogP contribution in [0.15, 0.2) is 12.4 Å². The number of amides is 1. The predicted octanol–water partition coefficient (Wildman–Crippen LogP) is 1.54. The van der Waals surface area contributed by atoms with E-state index in [-0.39, 0.29) is 12.5 Å². The van der Waals surface area contributed by atoms with E-state index in [0.717, 1.165) is 31.1 Å². The summed E-state index contributed by atoms with van der Waals surface area (Å²) in [6.45, 7) is 3.02. The summed E-state index contributed by atoms with van der Waals surface area (Å²) >= 11 is 0. The highest BCUT2D eigenvalue weighted by atomic mass is 16.5. The molecular formula is C16H22N2O3. The van der Waals surface area contributed by atoms with E-state index < -0.39 is 0 Å². The van der Waals surface area contributed by atoms with Gasteiger partial charge in [0.25, 0.3) is 0 Å². The lowest BCUT2D eigenvalue weighted by atomic mass is 9.97. The van der Waals surface area contributed by atoms with Crippen molar-refractivity contribution in [3.63, 3.8) is 0 Å². The van der Waals surface area contributed by atoms with Gasteiger partial charge in [-0.3, -0.25) is 9.78 Å². The second-order valence-electron chi connectivity index (χ2n) is 5.89. The molecule has 1 aromatic rings. The van der Waals surface area contributed by atoms with Crippen molar-refractivity contribution in [2.45, 2.75) is 32.4 Å².